The Labute approximate surface area is 114 Å². The molecule has 4 heteroatoms. The van der Waals surface area contributed by atoms with Crippen LogP contribution in [0.4, 0.5) is 5.69 Å². The smallest absolute Gasteiger partial charge is 0.163 e. The van der Waals surface area contributed by atoms with Crippen molar-refractivity contribution in [3.8, 4) is 11.5 Å². The summed E-state index contributed by atoms with van der Waals surface area (Å²) in [5.41, 5.74) is 1.23. The highest BCUT2D eigenvalue weighted by molar-refractivity contribution is 5.58. The fraction of sp³-hybridized carbons (Fsp3) is 0.600. The standard InChI is InChI=1S/C15H22N2O2/c1-11-5-6-16-10-12(2)17(11)13-3-4-14-15(9-13)19-8-7-18-14/h3-4,9,11-12,16H,5-8,10H2,1-2H3. The highest BCUT2D eigenvalue weighted by Crippen LogP contribution is 2.35. The van der Waals surface area contributed by atoms with Gasteiger partial charge in [0.1, 0.15) is 13.2 Å². The second-order valence-corrected chi connectivity index (χ2v) is 5.43. The number of hydrogen-bond donors (Lipinski definition) is 1. The number of hydrogen-bond acceptors (Lipinski definition) is 4. The molecule has 0 radical (unpaired) electrons. The van der Waals surface area contributed by atoms with Crippen molar-refractivity contribution in [1.29, 1.82) is 0 Å². The quantitative estimate of drug-likeness (QED) is 0.839. The van der Waals surface area contributed by atoms with Crippen LogP contribution in [0, 0.1) is 0 Å². The predicted octanol–water partition coefficient (Wildman–Crippen LogP) is 2.03. The largest absolute Gasteiger partial charge is 0.486 e. The van der Waals surface area contributed by atoms with Crippen LogP contribution in [0.2, 0.25) is 0 Å². The predicted molar refractivity (Wildman–Crippen MR) is 76.3 cm³/mol. The number of anilines is 1. The van der Waals surface area contributed by atoms with Gasteiger partial charge in [0, 0.05) is 30.4 Å². The molecule has 2 atom stereocenters. The molecular formula is C15H22N2O2. The van der Waals surface area contributed by atoms with Crippen LogP contribution in [-0.2, 0) is 0 Å². The molecule has 0 bridgehead atoms. The monoisotopic (exact) mass is 262 g/mol. The summed E-state index contributed by atoms with van der Waals surface area (Å²) in [5, 5.41) is 3.49. The summed E-state index contributed by atoms with van der Waals surface area (Å²) in [5.74, 6) is 1.74. The minimum Gasteiger partial charge on any atom is -0.486 e. The highest BCUT2D eigenvalue weighted by Gasteiger charge is 2.24. The first-order chi connectivity index (χ1) is 9.25. The molecule has 104 valence electrons. The van der Waals surface area contributed by atoms with Gasteiger partial charge >= 0.3 is 0 Å². The molecule has 0 amide bonds. The molecule has 1 fully saturated rings. The van der Waals surface area contributed by atoms with Crippen molar-refractivity contribution in [1.82, 2.24) is 5.32 Å². The first kappa shape index (κ1) is 12.6. The van der Waals surface area contributed by atoms with E-state index in [4.69, 9.17) is 9.47 Å². The number of fused-ring (bicyclic) bond motifs is 1. The molecule has 0 aromatic heterocycles. The van der Waals surface area contributed by atoms with Crippen molar-refractivity contribution in [3.63, 3.8) is 0 Å². The van der Waals surface area contributed by atoms with Gasteiger partial charge in [-0.15, -0.1) is 0 Å². The van der Waals surface area contributed by atoms with Crippen LogP contribution in [0.5, 0.6) is 11.5 Å². The third kappa shape index (κ3) is 2.50. The SMILES string of the molecule is CC1CCNCC(C)N1c1ccc2c(c1)OCCO2. The van der Waals surface area contributed by atoms with E-state index in [2.05, 4.69) is 36.2 Å². The van der Waals surface area contributed by atoms with Crippen molar-refractivity contribution in [2.45, 2.75) is 32.4 Å². The first-order valence-electron chi connectivity index (χ1n) is 7.14. The van der Waals surface area contributed by atoms with Gasteiger partial charge in [-0.3, -0.25) is 0 Å². The minimum absolute atomic E-state index is 0.486. The second kappa shape index (κ2) is 5.29. The number of nitrogens with zero attached hydrogens (tertiary/aromatic N) is 1. The molecule has 1 N–H and O–H groups in total. The van der Waals surface area contributed by atoms with E-state index in [-0.39, 0.29) is 0 Å². The molecule has 1 aromatic carbocycles. The summed E-state index contributed by atoms with van der Waals surface area (Å²) >= 11 is 0. The lowest BCUT2D eigenvalue weighted by molar-refractivity contribution is 0.171. The van der Waals surface area contributed by atoms with Crippen molar-refractivity contribution >= 4 is 5.69 Å². The summed E-state index contributed by atoms with van der Waals surface area (Å²) in [6, 6.07) is 7.31. The van der Waals surface area contributed by atoms with E-state index in [0.29, 0.717) is 25.3 Å². The molecule has 2 aliphatic heterocycles. The van der Waals surface area contributed by atoms with Crippen LogP contribution in [0.15, 0.2) is 18.2 Å². The summed E-state index contributed by atoms with van der Waals surface area (Å²) in [4.78, 5) is 2.48. The summed E-state index contributed by atoms with van der Waals surface area (Å²) in [6.45, 7) is 7.97. The molecule has 0 spiro atoms. The molecule has 0 saturated carbocycles. The lowest BCUT2D eigenvalue weighted by atomic mass is 10.1. The Morgan fingerprint density at radius 3 is 2.74 bits per heavy atom. The zero-order chi connectivity index (χ0) is 13.2. The average molecular weight is 262 g/mol. The normalized spacial score (nSPS) is 26.9. The minimum atomic E-state index is 0.486. The third-order valence-electron chi connectivity index (χ3n) is 3.95. The van der Waals surface area contributed by atoms with Crippen LogP contribution in [0.1, 0.15) is 20.3 Å². The van der Waals surface area contributed by atoms with E-state index in [0.717, 1.165) is 24.6 Å². The van der Waals surface area contributed by atoms with E-state index in [9.17, 15) is 0 Å². The highest BCUT2D eigenvalue weighted by atomic mass is 16.6. The Bertz CT molecular complexity index is 438. The Kier molecular flexibility index (Phi) is 3.51. The lowest BCUT2D eigenvalue weighted by Gasteiger charge is -2.35. The number of rotatable bonds is 1. The second-order valence-electron chi connectivity index (χ2n) is 5.43. The van der Waals surface area contributed by atoms with Crippen molar-refractivity contribution < 1.29 is 9.47 Å². The number of nitrogens with one attached hydrogen (secondary N) is 1. The lowest BCUT2D eigenvalue weighted by Crippen LogP contribution is -2.42. The van der Waals surface area contributed by atoms with Crippen LogP contribution in [-0.4, -0.2) is 38.4 Å². The maximum Gasteiger partial charge on any atom is 0.163 e. The van der Waals surface area contributed by atoms with Gasteiger partial charge in [0.2, 0.25) is 0 Å². The molecule has 19 heavy (non-hydrogen) atoms. The fourth-order valence-electron chi connectivity index (χ4n) is 3.00. The summed E-state index contributed by atoms with van der Waals surface area (Å²) < 4.78 is 11.3. The molecule has 3 rings (SSSR count). The third-order valence-corrected chi connectivity index (χ3v) is 3.95. The van der Waals surface area contributed by atoms with Crippen LogP contribution < -0.4 is 19.7 Å². The fourth-order valence-corrected chi connectivity index (χ4v) is 3.00. The Balaban J connectivity index is 1.91. The molecule has 1 saturated heterocycles. The molecule has 4 nitrogen and oxygen atoms in total. The molecule has 2 aliphatic rings. The van der Waals surface area contributed by atoms with E-state index in [1.807, 2.05) is 6.07 Å². The van der Waals surface area contributed by atoms with E-state index < -0.39 is 0 Å². The maximum atomic E-state index is 5.69. The van der Waals surface area contributed by atoms with Gasteiger partial charge in [0.25, 0.3) is 0 Å². The van der Waals surface area contributed by atoms with Gasteiger partial charge in [-0.05, 0) is 38.9 Å². The van der Waals surface area contributed by atoms with Crippen LogP contribution in [0.3, 0.4) is 0 Å². The van der Waals surface area contributed by atoms with Gasteiger partial charge in [0.15, 0.2) is 11.5 Å². The first-order valence-corrected chi connectivity index (χ1v) is 7.14. The van der Waals surface area contributed by atoms with Crippen LogP contribution >= 0.6 is 0 Å². The van der Waals surface area contributed by atoms with E-state index >= 15 is 0 Å². The Morgan fingerprint density at radius 1 is 1.11 bits per heavy atom. The molecule has 0 aliphatic carbocycles. The van der Waals surface area contributed by atoms with Gasteiger partial charge < -0.3 is 19.7 Å². The zero-order valence-electron chi connectivity index (χ0n) is 11.7. The van der Waals surface area contributed by atoms with Gasteiger partial charge in [-0.1, -0.05) is 0 Å². The van der Waals surface area contributed by atoms with Crippen molar-refractivity contribution in [3.05, 3.63) is 18.2 Å². The molecular weight excluding hydrogens is 240 g/mol. The molecule has 2 heterocycles. The van der Waals surface area contributed by atoms with Crippen LogP contribution in [0.25, 0.3) is 0 Å². The number of benzene rings is 1. The average Bonchev–Trinajstić information content (AvgIpc) is 2.59. The van der Waals surface area contributed by atoms with Gasteiger partial charge in [-0.25, -0.2) is 0 Å². The summed E-state index contributed by atoms with van der Waals surface area (Å²) in [7, 11) is 0. The van der Waals surface area contributed by atoms with Gasteiger partial charge in [0.05, 0.1) is 0 Å². The van der Waals surface area contributed by atoms with E-state index in [1.165, 1.54) is 12.1 Å². The van der Waals surface area contributed by atoms with Crippen molar-refractivity contribution in [2.24, 2.45) is 0 Å². The number of ether oxygens (including phenoxy) is 2. The van der Waals surface area contributed by atoms with Crippen molar-refractivity contribution in [2.75, 3.05) is 31.2 Å². The molecule has 2 unspecified atom stereocenters. The topological polar surface area (TPSA) is 33.7 Å². The molecule has 1 aromatic rings. The Morgan fingerprint density at radius 2 is 1.89 bits per heavy atom. The maximum absolute atomic E-state index is 5.69. The summed E-state index contributed by atoms with van der Waals surface area (Å²) in [6.07, 6.45) is 1.17. The zero-order valence-corrected chi connectivity index (χ0v) is 11.7. The Hall–Kier alpha value is -1.42. The van der Waals surface area contributed by atoms with Gasteiger partial charge in [-0.2, -0.15) is 0 Å². The van der Waals surface area contributed by atoms with E-state index in [1.54, 1.807) is 0 Å².